The Morgan fingerprint density at radius 3 is 2.67 bits per heavy atom. The second kappa shape index (κ2) is 4.71. The molecule has 0 saturated carbocycles. The van der Waals surface area contributed by atoms with Crippen LogP contribution in [0.5, 0.6) is 0 Å². The third-order valence-electron chi connectivity index (χ3n) is 4.43. The van der Waals surface area contributed by atoms with Crippen LogP contribution in [-0.2, 0) is 0 Å². The van der Waals surface area contributed by atoms with E-state index in [-0.39, 0.29) is 0 Å². The minimum Gasteiger partial charge on any atom is -0.380 e. The molecule has 2 bridgehead atoms. The molecule has 0 aromatic carbocycles. The van der Waals surface area contributed by atoms with Gasteiger partial charge in [0.25, 0.3) is 0 Å². The lowest BCUT2D eigenvalue weighted by atomic mass is 9.98. The molecule has 4 heteroatoms. The van der Waals surface area contributed by atoms with Gasteiger partial charge in [0.05, 0.1) is 5.69 Å². The van der Waals surface area contributed by atoms with E-state index in [2.05, 4.69) is 28.3 Å². The summed E-state index contributed by atoms with van der Waals surface area (Å²) in [6.07, 6.45) is 6.94. The van der Waals surface area contributed by atoms with Crippen molar-refractivity contribution >= 4 is 17.3 Å². The summed E-state index contributed by atoms with van der Waals surface area (Å²) in [5, 5.41) is 4.18. The monoisotopic (exact) mass is 265 g/mol. The standard InChI is InChI=1S/C14H20ClN3/c1-9-5-13(14(15)16-8-9)17-10-6-11-3-4-12(7-10)18(11)2/h5,8,10-12,17H,3-4,6-7H2,1-2H3. The van der Waals surface area contributed by atoms with Crippen LogP contribution >= 0.6 is 11.6 Å². The summed E-state index contributed by atoms with van der Waals surface area (Å²) in [5.41, 5.74) is 2.14. The summed E-state index contributed by atoms with van der Waals surface area (Å²) in [7, 11) is 2.26. The maximum absolute atomic E-state index is 6.15. The van der Waals surface area contributed by atoms with Gasteiger partial charge in [-0.15, -0.1) is 0 Å². The van der Waals surface area contributed by atoms with Gasteiger partial charge in [-0.05, 0) is 51.3 Å². The lowest BCUT2D eigenvalue weighted by Gasteiger charge is -2.37. The zero-order chi connectivity index (χ0) is 12.7. The highest BCUT2D eigenvalue weighted by molar-refractivity contribution is 6.31. The van der Waals surface area contributed by atoms with Crippen LogP contribution in [0.1, 0.15) is 31.2 Å². The quantitative estimate of drug-likeness (QED) is 0.833. The Kier molecular flexibility index (Phi) is 3.20. The van der Waals surface area contributed by atoms with Gasteiger partial charge in [-0.3, -0.25) is 0 Å². The zero-order valence-electron chi connectivity index (χ0n) is 11.0. The van der Waals surface area contributed by atoms with E-state index in [9.17, 15) is 0 Å². The molecule has 0 amide bonds. The van der Waals surface area contributed by atoms with Crippen LogP contribution in [0.15, 0.2) is 12.3 Å². The van der Waals surface area contributed by atoms with Crippen LogP contribution in [0.3, 0.4) is 0 Å². The largest absolute Gasteiger partial charge is 0.380 e. The topological polar surface area (TPSA) is 28.2 Å². The third kappa shape index (κ3) is 2.21. The van der Waals surface area contributed by atoms with E-state index in [0.29, 0.717) is 11.2 Å². The van der Waals surface area contributed by atoms with Gasteiger partial charge >= 0.3 is 0 Å². The average Bonchev–Trinajstić information content (AvgIpc) is 2.58. The van der Waals surface area contributed by atoms with Gasteiger partial charge in [0, 0.05) is 24.3 Å². The molecular formula is C14H20ClN3. The molecule has 1 N–H and O–H groups in total. The SMILES string of the molecule is Cc1cnc(Cl)c(NC2CC3CCC(C2)N3C)c1. The van der Waals surface area contributed by atoms with Crippen molar-refractivity contribution in [3.8, 4) is 0 Å². The van der Waals surface area contributed by atoms with Crippen molar-refractivity contribution < 1.29 is 0 Å². The molecule has 2 atom stereocenters. The molecule has 3 nitrogen and oxygen atoms in total. The number of piperidine rings is 1. The molecule has 2 aliphatic rings. The molecule has 0 spiro atoms. The van der Waals surface area contributed by atoms with E-state index < -0.39 is 0 Å². The number of fused-ring (bicyclic) bond motifs is 2. The van der Waals surface area contributed by atoms with Crippen molar-refractivity contribution in [1.29, 1.82) is 0 Å². The van der Waals surface area contributed by atoms with Gasteiger partial charge in [0.15, 0.2) is 5.15 Å². The Labute approximate surface area is 114 Å². The predicted octanol–water partition coefficient (Wildman–Crippen LogP) is 3.08. The Balaban J connectivity index is 1.72. The maximum Gasteiger partial charge on any atom is 0.152 e. The second-order valence-electron chi connectivity index (χ2n) is 5.71. The number of nitrogens with one attached hydrogen (secondary N) is 1. The Bertz CT molecular complexity index is 435. The van der Waals surface area contributed by atoms with Gasteiger partial charge in [0.1, 0.15) is 0 Å². The van der Waals surface area contributed by atoms with Gasteiger partial charge in [-0.2, -0.15) is 0 Å². The average molecular weight is 266 g/mol. The molecule has 3 rings (SSSR count). The Morgan fingerprint density at radius 1 is 1.33 bits per heavy atom. The molecule has 18 heavy (non-hydrogen) atoms. The van der Waals surface area contributed by atoms with E-state index in [1.54, 1.807) is 0 Å². The van der Waals surface area contributed by atoms with Crippen LogP contribution in [0.4, 0.5) is 5.69 Å². The molecule has 2 aliphatic heterocycles. The molecule has 2 unspecified atom stereocenters. The van der Waals surface area contributed by atoms with E-state index in [1.165, 1.54) is 25.7 Å². The van der Waals surface area contributed by atoms with E-state index in [0.717, 1.165) is 23.3 Å². The smallest absolute Gasteiger partial charge is 0.152 e. The number of aromatic nitrogens is 1. The Morgan fingerprint density at radius 2 is 2.00 bits per heavy atom. The lowest BCUT2D eigenvalue weighted by Crippen LogP contribution is -2.44. The van der Waals surface area contributed by atoms with Crippen LogP contribution in [0.2, 0.25) is 5.15 Å². The van der Waals surface area contributed by atoms with Crippen LogP contribution < -0.4 is 5.32 Å². The van der Waals surface area contributed by atoms with Crippen molar-refractivity contribution in [2.45, 2.75) is 50.7 Å². The van der Waals surface area contributed by atoms with Crippen molar-refractivity contribution in [3.63, 3.8) is 0 Å². The van der Waals surface area contributed by atoms with Gasteiger partial charge < -0.3 is 10.2 Å². The first-order chi connectivity index (χ1) is 8.63. The summed E-state index contributed by atoms with van der Waals surface area (Å²) in [5.74, 6) is 0. The highest BCUT2D eigenvalue weighted by Gasteiger charge is 2.38. The molecular weight excluding hydrogens is 246 g/mol. The molecule has 0 aliphatic carbocycles. The first-order valence-electron chi connectivity index (χ1n) is 6.74. The summed E-state index contributed by atoms with van der Waals surface area (Å²) in [4.78, 5) is 6.76. The van der Waals surface area contributed by atoms with Crippen LogP contribution in [-0.4, -0.2) is 35.1 Å². The summed E-state index contributed by atoms with van der Waals surface area (Å²) in [6, 6.07) is 4.13. The highest BCUT2D eigenvalue weighted by atomic mass is 35.5. The number of hydrogen-bond donors (Lipinski definition) is 1. The fourth-order valence-electron chi connectivity index (χ4n) is 3.40. The highest BCUT2D eigenvalue weighted by Crippen LogP contribution is 2.36. The van der Waals surface area contributed by atoms with Gasteiger partial charge in [0.2, 0.25) is 0 Å². The summed E-state index contributed by atoms with van der Waals surface area (Å²) >= 11 is 6.15. The number of hydrogen-bond acceptors (Lipinski definition) is 3. The first-order valence-corrected chi connectivity index (χ1v) is 7.12. The number of anilines is 1. The Hall–Kier alpha value is -0.800. The minimum atomic E-state index is 0.541. The molecule has 2 saturated heterocycles. The van der Waals surface area contributed by atoms with Crippen LogP contribution in [0, 0.1) is 6.92 Å². The van der Waals surface area contributed by atoms with Crippen molar-refractivity contribution in [2.24, 2.45) is 0 Å². The van der Waals surface area contributed by atoms with E-state index in [1.807, 2.05) is 13.1 Å². The van der Waals surface area contributed by atoms with Crippen molar-refractivity contribution in [3.05, 3.63) is 23.0 Å². The van der Waals surface area contributed by atoms with Gasteiger partial charge in [-0.25, -0.2) is 4.98 Å². The van der Waals surface area contributed by atoms with Crippen LogP contribution in [0.25, 0.3) is 0 Å². The zero-order valence-corrected chi connectivity index (χ0v) is 11.7. The first kappa shape index (κ1) is 12.2. The van der Waals surface area contributed by atoms with Gasteiger partial charge in [-0.1, -0.05) is 11.6 Å². The molecule has 98 valence electrons. The number of nitrogens with zero attached hydrogens (tertiary/aromatic N) is 2. The molecule has 2 fully saturated rings. The second-order valence-corrected chi connectivity index (χ2v) is 6.07. The summed E-state index contributed by atoms with van der Waals surface area (Å²) < 4.78 is 0. The summed E-state index contributed by atoms with van der Waals surface area (Å²) in [6.45, 7) is 2.05. The molecule has 1 aromatic rings. The maximum atomic E-state index is 6.15. The minimum absolute atomic E-state index is 0.541. The number of rotatable bonds is 2. The van der Waals surface area contributed by atoms with E-state index in [4.69, 9.17) is 11.6 Å². The third-order valence-corrected chi connectivity index (χ3v) is 4.73. The lowest BCUT2D eigenvalue weighted by molar-refractivity contribution is 0.169. The molecule has 3 heterocycles. The van der Waals surface area contributed by atoms with E-state index >= 15 is 0 Å². The number of halogens is 1. The predicted molar refractivity (Wildman–Crippen MR) is 75.2 cm³/mol. The number of aryl methyl sites for hydroxylation is 1. The number of pyridine rings is 1. The fraction of sp³-hybridized carbons (Fsp3) is 0.643. The van der Waals surface area contributed by atoms with Crippen molar-refractivity contribution in [2.75, 3.05) is 12.4 Å². The molecule has 0 radical (unpaired) electrons. The normalized spacial score (nSPS) is 31.6. The fourth-order valence-corrected chi connectivity index (χ4v) is 3.56. The molecule has 1 aromatic heterocycles. The van der Waals surface area contributed by atoms with Crippen molar-refractivity contribution in [1.82, 2.24) is 9.88 Å².